The lowest BCUT2D eigenvalue weighted by molar-refractivity contribution is -0.143. The van der Waals surface area contributed by atoms with Crippen molar-refractivity contribution in [3.8, 4) is 5.75 Å². The van der Waals surface area contributed by atoms with Gasteiger partial charge in [-0.15, -0.1) is 0 Å². The molecule has 10 heteroatoms. The minimum absolute atomic E-state index is 0.123. The number of likely N-dealkylation sites (tertiary alicyclic amines) is 1. The first kappa shape index (κ1) is 26.3. The summed E-state index contributed by atoms with van der Waals surface area (Å²) in [6, 6.07) is 13.9. The highest BCUT2D eigenvalue weighted by molar-refractivity contribution is 6.13. The van der Waals surface area contributed by atoms with E-state index in [4.69, 9.17) is 10.5 Å². The van der Waals surface area contributed by atoms with Crippen LogP contribution in [0.4, 0.5) is 4.39 Å². The Labute approximate surface area is 215 Å². The third-order valence-corrected chi connectivity index (χ3v) is 6.69. The van der Waals surface area contributed by atoms with Crippen LogP contribution in [0.5, 0.6) is 5.75 Å². The van der Waals surface area contributed by atoms with Gasteiger partial charge in [0.2, 0.25) is 11.8 Å². The molecule has 0 spiro atoms. The molecule has 0 bridgehead atoms. The van der Waals surface area contributed by atoms with E-state index in [0.29, 0.717) is 25.1 Å². The minimum atomic E-state index is -1.23. The highest BCUT2D eigenvalue weighted by atomic mass is 19.1. The zero-order valence-corrected chi connectivity index (χ0v) is 21.2. The molecular formula is C27H32FN5O4. The number of rotatable bonds is 8. The predicted octanol–water partition coefficient (Wildman–Crippen LogP) is 1.72. The van der Waals surface area contributed by atoms with Gasteiger partial charge in [0.05, 0.1) is 11.3 Å². The zero-order chi connectivity index (χ0) is 26.8. The summed E-state index contributed by atoms with van der Waals surface area (Å²) in [7, 11) is 1.62. The summed E-state index contributed by atoms with van der Waals surface area (Å²) in [5.74, 6) is -1.16. The number of nitrogens with two attached hydrogens (primary N) is 1. The van der Waals surface area contributed by atoms with Crippen LogP contribution < -0.4 is 15.8 Å². The molecule has 0 saturated carbocycles. The van der Waals surface area contributed by atoms with Crippen LogP contribution in [0, 0.1) is 11.2 Å². The van der Waals surface area contributed by atoms with E-state index in [1.54, 1.807) is 11.9 Å². The quantitative estimate of drug-likeness (QED) is 0.562. The molecule has 0 unspecified atom stereocenters. The Morgan fingerprint density at radius 2 is 1.86 bits per heavy atom. The van der Waals surface area contributed by atoms with E-state index in [1.165, 1.54) is 43.1 Å². The van der Waals surface area contributed by atoms with Crippen molar-refractivity contribution in [3.63, 3.8) is 0 Å². The Bertz CT molecular complexity index is 1200. The van der Waals surface area contributed by atoms with Crippen molar-refractivity contribution >= 4 is 23.4 Å². The molecule has 2 aliphatic rings. The Morgan fingerprint density at radius 1 is 1.19 bits per heavy atom. The van der Waals surface area contributed by atoms with Gasteiger partial charge in [0.1, 0.15) is 29.6 Å². The molecule has 196 valence electrons. The lowest BCUT2D eigenvalue weighted by Crippen LogP contribution is -2.62. The molecule has 2 heterocycles. The van der Waals surface area contributed by atoms with E-state index >= 15 is 0 Å². The molecule has 4 rings (SSSR count). The number of fused-ring (bicyclic) bond motifs is 1. The Morgan fingerprint density at radius 3 is 2.51 bits per heavy atom. The maximum Gasteiger partial charge on any atom is 0.256 e. The fraction of sp³-hybridized carbons (Fsp3) is 0.407. The van der Waals surface area contributed by atoms with Gasteiger partial charge in [-0.25, -0.2) is 9.40 Å². The van der Waals surface area contributed by atoms with Crippen molar-refractivity contribution in [1.82, 2.24) is 15.2 Å². The average molecular weight is 510 g/mol. The summed E-state index contributed by atoms with van der Waals surface area (Å²) < 4.78 is 19.0. The molecule has 2 aliphatic heterocycles. The standard InChI is InChI=1S/C27H32FN5O4/c1-26(2,29)24(35)30-21(16-37-20-11-9-19(28)10-12-20)23(34)33-14-13-22-27(17-33,25(36)32(3)31-22)15-18-7-5-4-6-8-18/h4-12,21H,13-17,29H2,1-3H3,(H,30,35)/t21-,27-/m1/s1. The fourth-order valence-corrected chi connectivity index (χ4v) is 4.66. The lowest BCUT2D eigenvalue weighted by Gasteiger charge is -2.40. The number of hydrogen-bond acceptors (Lipinski definition) is 6. The number of nitrogens with one attached hydrogen (secondary N) is 1. The summed E-state index contributed by atoms with van der Waals surface area (Å²) in [6.07, 6.45) is 0.828. The van der Waals surface area contributed by atoms with Crippen LogP contribution in [0.1, 0.15) is 25.8 Å². The molecule has 37 heavy (non-hydrogen) atoms. The number of hydrogen-bond donors (Lipinski definition) is 2. The normalized spacial score (nSPS) is 20.2. The van der Waals surface area contributed by atoms with Gasteiger partial charge in [0, 0.05) is 26.6 Å². The second-order valence-electron chi connectivity index (χ2n) is 10.1. The van der Waals surface area contributed by atoms with E-state index in [-0.39, 0.29) is 19.1 Å². The van der Waals surface area contributed by atoms with E-state index in [9.17, 15) is 18.8 Å². The van der Waals surface area contributed by atoms with Crippen LogP contribution in [0.15, 0.2) is 59.7 Å². The smallest absolute Gasteiger partial charge is 0.256 e. The van der Waals surface area contributed by atoms with E-state index in [0.717, 1.165) is 11.3 Å². The van der Waals surface area contributed by atoms with E-state index in [2.05, 4.69) is 10.4 Å². The molecule has 2 aromatic carbocycles. The monoisotopic (exact) mass is 509 g/mol. The first-order valence-corrected chi connectivity index (χ1v) is 12.2. The second kappa shape index (κ2) is 10.3. The molecule has 1 fully saturated rings. The highest BCUT2D eigenvalue weighted by Crippen LogP contribution is 2.38. The summed E-state index contributed by atoms with van der Waals surface area (Å²) in [4.78, 5) is 41.4. The molecule has 3 N–H and O–H groups in total. The number of halogens is 1. The first-order chi connectivity index (χ1) is 17.5. The number of benzene rings is 2. The van der Waals surface area contributed by atoms with Crippen molar-refractivity contribution in [2.45, 2.75) is 38.3 Å². The topological polar surface area (TPSA) is 117 Å². The van der Waals surface area contributed by atoms with Gasteiger partial charge in [0.15, 0.2) is 0 Å². The van der Waals surface area contributed by atoms with Gasteiger partial charge in [-0.2, -0.15) is 5.10 Å². The van der Waals surface area contributed by atoms with Crippen LogP contribution in [0.3, 0.4) is 0 Å². The SMILES string of the molecule is CN1N=C2CCN(C(=O)[C@@H](COc3ccc(F)cc3)NC(=O)C(C)(C)N)C[C@@]2(Cc2ccccc2)C1=O. The average Bonchev–Trinajstić information content (AvgIpc) is 3.11. The lowest BCUT2D eigenvalue weighted by atomic mass is 9.73. The number of carbonyl (C=O) groups excluding carboxylic acids is 3. The molecule has 9 nitrogen and oxygen atoms in total. The maximum absolute atomic E-state index is 13.8. The van der Waals surface area contributed by atoms with Crippen molar-refractivity contribution in [2.75, 3.05) is 26.7 Å². The summed E-state index contributed by atoms with van der Waals surface area (Å²) >= 11 is 0. The van der Waals surface area contributed by atoms with Crippen LogP contribution in [0.2, 0.25) is 0 Å². The minimum Gasteiger partial charge on any atom is -0.491 e. The number of hydrazone groups is 1. The summed E-state index contributed by atoms with van der Waals surface area (Å²) in [5.41, 5.74) is 5.45. The molecule has 2 aromatic rings. The molecule has 1 saturated heterocycles. The van der Waals surface area contributed by atoms with Gasteiger partial charge in [-0.3, -0.25) is 14.4 Å². The zero-order valence-electron chi connectivity index (χ0n) is 21.2. The van der Waals surface area contributed by atoms with Crippen molar-refractivity contribution in [1.29, 1.82) is 0 Å². The first-order valence-electron chi connectivity index (χ1n) is 12.2. The number of nitrogens with zero attached hydrogens (tertiary/aromatic N) is 3. The number of ether oxygens (including phenoxy) is 1. The van der Waals surface area contributed by atoms with Crippen molar-refractivity contribution in [2.24, 2.45) is 16.3 Å². The van der Waals surface area contributed by atoms with Gasteiger partial charge in [0.25, 0.3) is 5.91 Å². The van der Waals surface area contributed by atoms with E-state index < -0.39 is 34.6 Å². The van der Waals surface area contributed by atoms with Crippen molar-refractivity contribution in [3.05, 3.63) is 66.0 Å². The Kier molecular flexibility index (Phi) is 7.31. The molecule has 0 aromatic heterocycles. The van der Waals surface area contributed by atoms with Gasteiger partial charge in [-0.05, 0) is 50.1 Å². The largest absolute Gasteiger partial charge is 0.491 e. The third-order valence-electron chi connectivity index (χ3n) is 6.69. The number of amides is 3. The molecule has 0 aliphatic carbocycles. The highest BCUT2D eigenvalue weighted by Gasteiger charge is 2.54. The maximum atomic E-state index is 13.8. The number of carbonyl (C=O) groups is 3. The van der Waals surface area contributed by atoms with Crippen LogP contribution >= 0.6 is 0 Å². The molecule has 2 atom stereocenters. The number of piperidine rings is 1. The van der Waals surface area contributed by atoms with Crippen LogP contribution in [-0.2, 0) is 20.8 Å². The second-order valence-corrected chi connectivity index (χ2v) is 10.1. The molecule has 0 radical (unpaired) electrons. The Hall–Kier alpha value is -3.79. The summed E-state index contributed by atoms with van der Waals surface area (Å²) in [5, 5.41) is 8.53. The van der Waals surface area contributed by atoms with Gasteiger partial charge >= 0.3 is 0 Å². The van der Waals surface area contributed by atoms with Gasteiger partial charge < -0.3 is 20.7 Å². The van der Waals surface area contributed by atoms with Gasteiger partial charge in [-0.1, -0.05) is 30.3 Å². The predicted molar refractivity (Wildman–Crippen MR) is 136 cm³/mol. The third kappa shape index (κ3) is 5.64. The fourth-order valence-electron chi connectivity index (χ4n) is 4.66. The van der Waals surface area contributed by atoms with Crippen molar-refractivity contribution < 1.29 is 23.5 Å². The molecular weight excluding hydrogens is 477 g/mol. The Balaban J connectivity index is 1.58. The summed E-state index contributed by atoms with van der Waals surface area (Å²) in [6.45, 7) is 3.34. The molecule has 3 amide bonds. The van der Waals surface area contributed by atoms with Crippen LogP contribution in [0.25, 0.3) is 0 Å². The van der Waals surface area contributed by atoms with E-state index in [1.807, 2.05) is 30.3 Å². The van der Waals surface area contributed by atoms with Crippen LogP contribution in [-0.4, -0.2) is 71.7 Å².